The molecule has 0 N–H and O–H groups in total. The fourth-order valence-corrected chi connectivity index (χ4v) is 2.65. The molecule has 2 nitrogen and oxygen atoms in total. The van der Waals surface area contributed by atoms with Gasteiger partial charge in [-0.25, -0.2) is 0 Å². The van der Waals surface area contributed by atoms with Crippen LogP contribution in [-0.4, -0.2) is 23.4 Å². The van der Waals surface area contributed by atoms with Crippen molar-refractivity contribution in [3.8, 4) is 0 Å². The molecule has 0 saturated carbocycles. The van der Waals surface area contributed by atoms with Crippen molar-refractivity contribution in [2.75, 3.05) is 6.54 Å². The second-order valence-electron chi connectivity index (χ2n) is 4.91. The van der Waals surface area contributed by atoms with Gasteiger partial charge in [0.05, 0.1) is 0 Å². The third kappa shape index (κ3) is 2.65. The summed E-state index contributed by atoms with van der Waals surface area (Å²) in [4.78, 5) is 15.2. The second-order valence-corrected chi connectivity index (χ2v) is 5.43. The third-order valence-electron chi connectivity index (χ3n) is 3.73. The zero-order chi connectivity index (χ0) is 12.4. The maximum Gasteiger partial charge on any atom is 0.254 e. The number of piperidine rings is 1. The Morgan fingerprint density at radius 2 is 2.18 bits per heavy atom. The van der Waals surface area contributed by atoms with Crippen molar-refractivity contribution in [3.05, 3.63) is 29.8 Å². The summed E-state index contributed by atoms with van der Waals surface area (Å²) >= 11 is 4.28. The summed E-state index contributed by atoms with van der Waals surface area (Å²) < 4.78 is 0. The molecule has 0 radical (unpaired) electrons. The number of likely N-dealkylation sites (tertiary alicyclic amines) is 1. The van der Waals surface area contributed by atoms with E-state index in [4.69, 9.17) is 0 Å². The quantitative estimate of drug-likeness (QED) is 0.758. The van der Waals surface area contributed by atoms with Gasteiger partial charge >= 0.3 is 0 Å². The summed E-state index contributed by atoms with van der Waals surface area (Å²) in [6, 6.07) is 7.82. The zero-order valence-electron chi connectivity index (χ0n) is 10.4. The molecule has 1 aliphatic heterocycles. The van der Waals surface area contributed by atoms with Crippen LogP contribution in [0.3, 0.4) is 0 Å². The van der Waals surface area contributed by atoms with Gasteiger partial charge in [-0.2, -0.15) is 0 Å². The number of hydrogen-bond acceptors (Lipinski definition) is 2. The normalized spacial score (nSPS) is 24.8. The molecule has 2 unspecified atom stereocenters. The molecule has 0 aliphatic carbocycles. The summed E-state index contributed by atoms with van der Waals surface area (Å²) in [5.41, 5.74) is 0.749. The first-order valence-electron chi connectivity index (χ1n) is 6.19. The van der Waals surface area contributed by atoms with Crippen LogP contribution in [0.4, 0.5) is 0 Å². The summed E-state index contributed by atoms with van der Waals surface area (Å²) in [5, 5.41) is 0. The topological polar surface area (TPSA) is 20.3 Å². The Morgan fingerprint density at radius 1 is 1.41 bits per heavy atom. The molecule has 2 atom stereocenters. The smallest absolute Gasteiger partial charge is 0.254 e. The van der Waals surface area contributed by atoms with E-state index < -0.39 is 0 Å². The van der Waals surface area contributed by atoms with E-state index in [2.05, 4.69) is 26.5 Å². The van der Waals surface area contributed by atoms with Crippen LogP contribution in [-0.2, 0) is 0 Å². The monoisotopic (exact) mass is 249 g/mol. The van der Waals surface area contributed by atoms with E-state index in [1.54, 1.807) is 0 Å². The van der Waals surface area contributed by atoms with Gasteiger partial charge in [-0.15, -0.1) is 12.6 Å². The van der Waals surface area contributed by atoms with Crippen molar-refractivity contribution in [3.63, 3.8) is 0 Å². The molecule has 1 amide bonds. The summed E-state index contributed by atoms with van der Waals surface area (Å²) in [6.07, 6.45) is 2.33. The highest BCUT2D eigenvalue weighted by molar-refractivity contribution is 7.80. The van der Waals surface area contributed by atoms with E-state index in [9.17, 15) is 4.79 Å². The van der Waals surface area contributed by atoms with Crippen LogP contribution < -0.4 is 0 Å². The molecule has 1 aromatic rings. The van der Waals surface area contributed by atoms with Crippen molar-refractivity contribution >= 4 is 18.5 Å². The van der Waals surface area contributed by atoms with Crippen LogP contribution in [0.5, 0.6) is 0 Å². The Kier molecular flexibility index (Phi) is 3.77. The van der Waals surface area contributed by atoms with E-state index in [0.717, 1.165) is 23.4 Å². The molecule has 17 heavy (non-hydrogen) atoms. The highest BCUT2D eigenvalue weighted by atomic mass is 32.1. The number of hydrogen-bond donors (Lipinski definition) is 1. The first-order chi connectivity index (χ1) is 8.09. The summed E-state index contributed by atoms with van der Waals surface area (Å²) in [5.74, 6) is 0.729. The van der Waals surface area contributed by atoms with E-state index in [-0.39, 0.29) is 5.91 Å². The Bertz CT molecular complexity index is 418. The first-order valence-corrected chi connectivity index (χ1v) is 6.64. The van der Waals surface area contributed by atoms with E-state index in [0.29, 0.717) is 12.0 Å². The van der Waals surface area contributed by atoms with Crippen molar-refractivity contribution in [2.24, 2.45) is 5.92 Å². The molecule has 2 rings (SSSR count). The molecule has 0 aromatic heterocycles. The third-order valence-corrected chi connectivity index (χ3v) is 4.01. The number of thiol groups is 1. The van der Waals surface area contributed by atoms with E-state index in [1.165, 1.54) is 6.42 Å². The van der Waals surface area contributed by atoms with Crippen molar-refractivity contribution in [1.29, 1.82) is 0 Å². The minimum Gasteiger partial charge on any atom is -0.336 e. The average molecular weight is 249 g/mol. The van der Waals surface area contributed by atoms with Gasteiger partial charge in [-0.1, -0.05) is 13.0 Å². The molecule has 0 spiro atoms. The van der Waals surface area contributed by atoms with Crippen LogP contribution in [0.15, 0.2) is 29.2 Å². The number of carbonyl (C=O) groups excluding carboxylic acids is 1. The first kappa shape index (κ1) is 12.5. The molecular weight excluding hydrogens is 230 g/mol. The highest BCUT2D eigenvalue weighted by Gasteiger charge is 2.28. The SMILES string of the molecule is CC1CCCN(C(=O)c2cccc(S)c2)C1C. The largest absolute Gasteiger partial charge is 0.336 e. The summed E-state index contributed by atoms with van der Waals surface area (Å²) in [7, 11) is 0. The van der Waals surface area contributed by atoms with Gasteiger partial charge in [-0.05, 0) is 43.9 Å². The lowest BCUT2D eigenvalue weighted by molar-refractivity contribution is 0.0551. The molecular formula is C14H19NOS. The van der Waals surface area contributed by atoms with Crippen molar-refractivity contribution in [2.45, 2.75) is 37.6 Å². The number of rotatable bonds is 1. The number of amides is 1. The van der Waals surface area contributed by atoms with E-state index in [1.807, 2.05) is 29.2 Å². The van der Waals surface area contributed by atoms with Crippen LogP contribution >= 0.6 is 12.6 Å². The van der Waals surface area contributed by atoms with Crippen molar-refractivity contribution in [1.82, 2.24) is 4.90 Å². The zero-order valence-corrected chi connectivity index (χ0v) is 11.3. The lowest BCUT2D eigenvalue weighted by Gasteiger charge is -2.38. The number of benzene rings is 1. The van der Waals surface area contributed by atoms with Crippen LogP contribution in [0, 0.1) is 5.92 Å². The molecule has 1 aliphatic rings. The lowest BCUT2D eigenvalue weighted by Crippen LogP contribution is -2.46. The molecule has 0 bridgehead atoms. The Morgan fingerprint density at radius 3 is 2.88 bits per heavy atom. The molecule has 92 valence electrons. The van der Waals surface area contributed by atoms with Crippen molar-refractivity contribution < 1.29 is 4.79 Å². The van der Waals surface area contributed by atoms with E-state index >= 15 is 0 Å². The number of carbonyl (C=O) groups is 1. The molecule has 3 heteroatoms. The molecule has 1 fully saturated rings. The number of nitrogens with zero attached hydrogens (tertiary/aromatic N) is 1. The molecule has 1 saturated heterocycles. The van der Waals surface area contributed by atoms with Crippen LogP contribution in [0.2, 0.25) is 0 Å². The fraction of sp³-hybridized carbons (Fsp3) is 0.500. The van der Waals surface area contributed by atoms with Crippen LogP contribution in [0.25, 0.3) is 0 Å². The maximum absolute atomic E-state index is 12.4. The predicted molar refractivity (Wildman–Crippen MR) is 72.6 cm³/mol. The summed E-state index contributed by atoms with van der Waals surface area (Å²) in [6.45, 7) is 5.24. The van der Waals surface area contributed by atoms with Crippen LogP contribution in [0.1, 0.15) is 37.0 Å². The Balaban J connectivity index is 2.19. The van der Waals surface area contributed by atoms with Gasteiger partial charge in [0.15, 0.2) is 0 Å². The minimum atomic E-state index is 0.139. The maximum atomic E-state index is 12.4. The highest BCUT2D eigenvalue weighted by Crippen LogP contribution is 2.24. The Hall–Kier alpha value is -0.960. The van der Waals surface area contributed by atoms with Gasteiger partial charge in [-0.3, -0.25) is 4.79 Å². The Labute approximate surface area is 108 Å². The van der Waals surface area contributed by atoms with Gasteiger partial charge in [0.25, 0.3) is 5.91 Å². The van der Waals surface area contributed by atoms with Gasteiger partial charge in [0.2, 0.25) is 0 Å². The van der Waals surface area contributed by atoms with Gasteiger partial charge in [0.1, 0.15) is 0 Å². The van der Waals surface area contributed by atoms with Gasteiger partial charge in [0, 0.05) is 23.0 Å². The predicted octanol–water partition coefficient (Wildman–Crippen LogP) is 3.24. The lowest BCUT2D eigenvalue weighted by atomic mass is 9.91. The fourth-order valence-electron chi connectivity index (χ4n) is 2.43. The average Bonchev–Trinajstić information content (AvgIpc) is 2.32. The van der Waals surface area contributed by atoms with Gasteiger partial charge < -0.3 is 4.90 Å². The molecule has 1 heterocycles. The minimum absolute atomic E-state index is 0.139. The molecule has 1 aromatic carbocycles. The second kappa shape index (κ2) is 5.13. The standard InChI is InChI=1S/C14H19NOS/c1-10-5-4-8-15(11(10)2)14(16)12-6-3-7-13(17)9-12/h3,6-7,9-11,17H,4-5,8H2,1-2H3.